The number of rotatable bonds is 7. The highest BCUT2D eigenvalue weighted by Crippen LogP contribution is 2.43. The lowest BCUT2D eigenvalue weighted by molar-refractivity contribution is 0.0744. The minimum absolute atomic E-state index is 0.548. The third-order valence-electron chi connectivity index (χ3n) is 4.38. The van der Waals surface area contributed by atoms with Crippen LogP contribution >= 0.6 is 0 Å². The molecule has 0 amide bonds. The lowest BCUT2D eigenvalue weighted by atomic mass is 9.65. The first-order valence-corrected chi connectivity index (χ1v) is 6.95. The van der Waals surface area contributed by atoms with Crippen LogP contribution in [0.4, 0.5) is 0 Å². The van der Waals surface area contributed by atoms with Crippen LogP contribution in [0.25, 0.3) is 0 Å². The molecule has 2 nitrogen and oxygen atoms in total. The topological polar surface area (TPSA) is 21.3 Å². The van der Waals surface area contributed by atoms with Gasteiger partial charge in [-0.1, -0.05) is 33.1 Å². The van der Waals surface area contributed by atoms with Crippen molar-refractivity contribution in [1.82, 2.24) is 5.32 Å². The van der Waals surface area contributed by atoms with Crippen molar-refractivity contribution >= 4 is 0 Å². The van der Waals surface area contributed by atoms with E-state index in [1.165, 1.54) is 45.1 Å². The molecule has 1 atom stereocenters. The van der Waals surface area contributed by atoms with Crippen molar-refractivity contribution in [3.05, 3.63) is 0 Å². The Balaban J connectivity index is 2.53. The van der Waals surface area contributed by atoms with E-state index in [1.807, 2.05) is 7.11 Å². The fourth-order valence-corrected chi connectivity index (χ4v) is 3.07. The van der Waals surface area contributed by atoms with Gasteiger partial charge in [0.1, 0.15) is 0 Å². The minimum atomic E-state index is 0.548. The highest BCUT2D eigenvalue weighted by Gasteiger charge is 2.36. The van der Waals surface area contributed by atoms with Crippen molar-refractivity contribution in [1.29, 1.82) is 0 Å². The zero-order chi connectivity index (χ0) is 11.9. The molecule has 96 valence electrons. The molecule has 1 aliphatic carbocycles. The molecule has 0 aromatic heterocycles. The Labute approximate surface area is 101 Å². The van der Waals surface area contributed by atoms with Crippen molar-refractivity contribution in [3.8, 4) is 0 Å². The summed E-state index contributed by atoms with van der Waals surface area (Å²) in [6, 6.07) is 0. The zero-order valence-corrected chi connectivity index (χ0v) is 11.3. The Morgan fingerprint density at radius 3 is 2.50 bits per heavy atom. The van der Waals surface area contributed by atoms with Crippen LogP contribution in [0.5, 0.6) is 0 Å². The van der Waals surface area contributed by atoms with Gasteiger partial charge in [0.2, 0.25) is 0 Å². The molecule has 1 saturated carbocycles. The zero-order valence-electron chi connectivity index (χ0n) is 11.3. The predicted octanol–water partition coefficient (Wildman–Crippen LogP) is 3.22. The molecule has 0 aliphatic heterocycles. The standard InChI is InChI=1S/C14H29NO/c1-4-15-12-14(9-6-5-7-10-14)13(2)8-11-16-3/h13,15H,4-12H2,1-3H3. The van der Waals surface area contributed by atoms with Gasteiger partial charge in [0.15, 0.2) is 0 Å². The molecule has 1 N–H and O–H groups in total. The molecule has 1 aliphatic rings. The summed E-state index contributed by atoms with van der Waals surface area (Å²) < 4.78 is 5.23. The van der Waals surface area contributed by atoms with E-state index in [9.17, 15) is 0 Å². The van der Waals surface area contributed by atoms with Gasteiger partial charge < -0.3 is 10.1 Å². The molecule has 0 heterocycles. The lowest BCUT2D eigenvalue weighted by Crippen LogP contribution is -2.41. The Morgan fingerprint density at radius 2 is 1.94 bits per heavy atom. The smallest absolute Gasteiger partial charge is 0.0465 e. The summed E-state index contributed by atoms with van der Waals surface area (Å²) in [6.45, 7) is 7.83. The van der Waals surface area contributed by atoms with Crippen molar-refractivity contribution in [2.24, 2.45) is 11.3 Å². The third-order valence-corrected chi connectivity index (χ3v) is 4.38. The second-order valence-corrected chi connectivity index (χ2v) is 5.39. The number of ether oxygens (including phenoxy) is 1. The van der Waals surface area contributed by atoms with Crippen molar-refractivity contribution in [3.63, 3.8) is 0 Å². The van der Waals surface area contributed by atoms with Gasteiger partial charge in [-0.15, -0.1) is 0 Å². The van der Waals surface area contributed by atoms with Gasteiger partial charge in [0.25, 0.3) is 0 Å². The molecule has 0 saturated heterocycles. The van der Waals surface area contributed by atoms with Gasteiger partial charge in [-0.05, 0) is 37.1 Å². The molecule has 1 fully saturated rings. The molecular weight excluding hydrogens is 198 g/mol. The molecule has 16 heavy (non-hydrogen) atoms. The van der Waals surface area contributed by atoms with E-state index in [0.717, 1.165) is 19.1 Å². The summed E-state index contributed by atoms with van der Waals surface area (Å²) in [6.07, 6.45) is 8.30. The van der Waals surface area contributed by atoms with E-state index in [0.29, 0.717) is 5.41 Å². The van der Waals surface area contributed by atoms with E-state index in [2.05, 4.69) is 19.2 Å². The van der Waals surface area contributed by atoms with Crippen LogP contribution in [0.15, 0.2) is 0 Å². The Kier molecular flexibility index (Phi) is 6.37. The maximum absolute atomic E-state index is 5.23. The van der Waals surface area contributed by atoms with E-state index in [-0.39, 0.29) is 0 Å². The number of hydrogen-bond acceptors (Lipinski definition) is 2. The van der Waals surface area contributed by atoms with E-state index in [4.69, 9.17) is 4.74 Å². The lowest BCUT2D eigenvalue weighted by Gasteiger charge is -2.42. The molecule has 1 unspecified atom stereocenters. The summed E-state index contributed by atoms with van der Waals surface area (Å²) >= 11 is 0. The summed E-state index contributed by atoms with van der Waals surface area (Å²) in [4.78, 5) is 0. The van der Waals surface area contributed by atoms with Gasteiger partial charge in [-0.25, -0.2) is 0 Å². The van der Waals surface area contributed by atoms with Gasteiger partial charge in [-0.2, -0.15) is 0 Å². The highest BCUT2D eigenvalue weighted by molar-refractivity contribution is 4.89. The Bertz CT molecular complexity index is 176. The first kappa shape index (κ1) is 14.0. The first-order valence-electron chi connectivity index (χ1n) is 6.95. The highest BCUT2D eigenvalue weighted by atomic mass is 16.5. The molecule has 0 radical (unpaired) electrons. The predicted molar refractivity (Wildman–Crippen MR) is 69.7 cm³/mol. The largest absolute Gasteiger partial charge is 0.385 e. The van der Waals surface area contributed by atoms with Crippen LogP contribution in [0.1, 0.15) is 52.4 Å². The van der Waals surface area contributed by atoms with E-state index >= 15 is 0 Å². The molecule has 0 bridgehead atoms. The SMILES string of the molecule is CCNCC1(C(C)CCOC)CCCCC1. The number of hydrogen-bond donors (Lipinski definition) is 1. The molecular formula is C14H29NO. The monoisotopic (exact) mass is 227 g/mol. The van der Waals surface area contributed by atoms with Crippen LogP contribution in [0.2, 0.25) is 0 Å². The van der Waals surface area contributed by atoms with Crippen LogP contribution < -0.4 is 5.32 Å². The van der Waals surface area contributed by atoms with Gasteiger partial charge >= 0.3 is 0 Å². The number of methoxy groups -OCH3 is 1. The summed E-state index contributed by atoms with van der Waals surface area (Å²) in [5.41, 5.74) is 0.548. The van der Waals surface area contributed by atoms with Crippen molar-refractivity contribution in [2.45, 2.75) is 52.4 Å². The maximum atomic E-state index is 5.23. The van der Waals surface area contributed by atoms with Crippen LogP contribution in [0, 0.1) is 11.3 Å². The quantitative estimate of drug-likeness (QED) is 0.721. The normalized spacial score (nSPS) is 21.9. The third kappa shape index (κ3) is 3.74. The second-order valence-electron chi connectivity index (χ2n) is 5.39. The van der Waals surface area contributed by atoms with Gasteiger partial charge in [0, 0.05) is 20.3 Å². The molecule has 0 aromatic rings. The maximum Gasteiger partial charge on any atom is 0.0465 e. The summed E-state index contributed by atoms with van der Waals surface area (Å²) in [5, 5.41) is 3.58. The molecule has 1 rings (SSSR count). The Hall–Kier alpha value is -0.0800. The van der Waals surface area contributed by atoms with E-state index < -0.39 is 0 Å². The average Bonchev–Trinajstić information content (AvgIpc) is 2.34. The second kappa shape index (κ2) is 7.29. The van der Waals surface area contributed by atoms with E-state index in [1.54, 1.807) is 0 Å². The molecule has 2 heteroatoms. The fraction of sp³-hybridized carbons (Fsp3) is 1.00. The first-order chi connectivity index (χ1) is 7.75. The fourth-order valence-electron chi connectivity index (χ4n) is 3.07. The Morgan fingerprint density at radius 1 is 1.25 bits per heavy atom. The van der Waals surface area contributed by atoms with Crippen LogP contribution in [0.3, 0.4) is 0 Å². The minimum Gasteiger partial charge on any atom is -0.385 e. The van der Waals surface area contributed by atoms with Crippen LogP contribution in [-0.4, -0.2) is 26.8 Å². The van der Waals surface area contributed by atoms with Gasteiger partial charge in [0.05, 0.1) is 0 Å². The summed E-state index contributed by atoms with van der Waals surface area (Å²) in [5.74, 6) is 0.784. The van der Waals surface area contributed by atoms with Crippen molar-refractivity contribution < 1.29 is 4.74 Å². The number of nitrogens with one attached hydrogen (secondary N) is 1. The van der Waals surface area contributed by atoms with Crippen molar-refractivity contribution in [2.75, 3.05) is 26.8 Å². The average molecular weight is 227 g/mol. The summed E-state index contributed by atoms with van der Waals surface area (Å²) in [7, 11) is 1.81. The van der Waals surface area contributed by atoms with Crippen LogP contribution in [-0.2, 0) is 4.74 Å². The van der Waals surface area contributed by atoms with Gasteiger partial charge in [-0.3, -0.25) is 0 Å². The molecule has 0 aromatic carbocycles. The molecule has 0 spiro atoms.